The van der Waals surface area contributed by atoms with E-state index in [4.69, 9.17) is 11.0 Å². The molecular weight excluding hydrogens is 259 g/mol. The van der Waals surface area contributed by atoms with Crippen molar-refractivity contribution in [2.75, 3.05) is 0 Å². The molecule has 0 spiro atoms. The molecule has 0 saturated heterocycles. The van der Waals surface area contributed by atoms with Crippen LogP contribution in [0.1, 0.15) is 22.0 Å². The number of nitriles is 1. The molecule has 1 aromatic carbocycles. The molecule has 0 saturated carbocycles. The molecule has 2 N–H and O–H groups in total. The molecular formula is C12H10ClFN2S. The zero-order valence-corrected chi connectivity index (χ0v) is 10.4. The highest BCUT2D eigenvalue weighted by Crippen LogP contribution is 2.24. The molecule has 0 aliphatic rings. The van der Waals surface area contributed by atoms with Gasteiger partial charge in [-0.15, -0.1) is 23.7 Å². The molecule has 5 heteroatoms. The summed E-state index contributed by atoms with van der Waals surface area (Å²) in [5, 5.41) is 10.7. The quantitative estimate of drug-likeness (QED) is 0.909. The van der Waals surface area contributed by atoms with Crippen LogP contribution >= 0.6 is 23.7 Å². The lowest BCUT2D eigenvalue weighted by atomic mass is 10.0. The summed E-state index contributed by atoms with van der Waals surface area (Å²) in [5.41, 5.74) is 6.80. The maximum Gasteiger partial charge on any atom is 0.140 e. The third-order valence-corrected chi connectivity index (χ3v) is 3.28. The molecule has 1 atom stereocenters. The largest absolute Gasteiger partial charge is 0.320 e. The minimum atomic E-state index is -0.510. The van der Waals surface area contributed by atoms with Crippen LogP contribution in [0.5, 0.6) is 0 Å². The van der Waals surface area contributed by atoms with Crippen molar-refractivity contribution in [3.05, 3.63) is 57.5 Å². The second-order valence-electron chi connectivity index (χ2n) is 3.34. The Morgan fingerprint density at radius 1 is 1.35 bits per heavy atom. The summed E-state index contributed by atoms with van der Waals surface area (Å²) in [4.78, 5) is 0.996. The third kappa shape index (κ3) is 2.83. The van der Waals surface area contributed by atoms with Gasteiger partial charge < -0.3 is 5.73 Å². The molecule has 0 bridgehead atoms. The molecule has 0 radical (unpaired) electrons. The minimum Gasteiger partial charge on any atom is -0.320 e. The lowest BCUT2D eigenvalue weighted by Crippen LogP contribution is -2.10. The van der Waals surface area contributed by atoms with E-state index < -0.39 is 5.82 Å². The van der Waals surface area contributed by atoms with Crippen LogP contribution in [0.4, 0.5) is 4.39 Å². The van der Waals surface area contributed by atoms with E-state index in [2.05, 4.69) is 0 Å². The SMILES string of the molecule is Cl.N#Cc1cc([C@H](N)c2cccs2)ccc1F. The standard InChI is InChI=1S/C12H9FN2S.ClH/c13-10-4-3-8(6-9(10)7-14)12(15)11-2-1-5-16-11;/h1-6,12H,15H2;1H/t12-;/m0./s1. The fourth-order valence-corrected chi connectivity index (χ4v) is 2.21. The molecule has 2 nitrogen and oxygen atoms in total. The molecule has 0 fully saturated rings. The first-order valence-electron chi connectivity index (χ1n) is 4.71. The third-order valence-electron chi connectivity index (χ3n) is 2.32. The van der Waals surface area contributed by atoms with Gasteiger partial charge in [-0.2, -0.15) is 5.26 Å². The van der Waals surface area contributed by atoms with Gasteiger partial charge in [-0.3, -0.25) is 0 Å². The number of rotatable bonds is 2. The maximum atomic E-state index is 13.1. The van der Waals surface area contributed by atoms with Crippen molar-refractivity contribution in [3.8, 4) is 6.07 Å². The van der Waals surface area contributed by atoms with Gasteiger partial charge in [0.05, 0.1) is 11.6 Å². The number of halogens is 2. The number of benzene rings is 1. The molecule has 0 aliphatic carbocycles. The first-order valence-corrected chi connectivity index (χ1v) is 5.59. The van der Waals surface area contributed by atoms with Gasteiger partial charge in [0.1, 0.15) is 11.9 Å². The Bertz CT molecular complexity index is 534. The minimum absolute atomic E-state index is 0. The number of thiophene rings is 1. The fourth-order valence-electron chi connectivity index (χ4n) is 1.45. The number of nitrogens with two attached hydrogens (primary N) is 1. The highest BCUT2D eigenvalue weighted by atomic mass is 35.5. The Hall–Kier alpha value is -1.41. The molecule has 2 aromatic rings. The number of hydrogen-bond donors (Lipinski definition) is 1. The monoisotopic (exact) mass is 268 g/mol. The van der Waals surface area contributed by atoms with Crippen LogP contribution in [0.15, 0.2) is 35.7 Å². The van der Waals surface area contributed by atoms with E-state index in [0.717, 1.165) is 10.4 Å². The van der Waals surface area contributed by atoms with Crippen LogP contribution in [0, 0.1) is 17.1 Å². The molecule has 0 amide bonds. The van der Waals surface area contributed by atoms with Crippen LogP contribution < -0.4 is 5.73 Å². The summed E-state index contributed by atoms with van der Waals surface area (Å²) in [6.45, 7) is 0. The van der Waals surface area contributed by atoms with Gasteiger partial charge >= 0.3 is 0 Å². The van der Waals surface area contributed by atoms with Gasteiger partial charge in [0.2, 0.25) is 0 Å². The summed E-state index contributed by atoms with van der Waals surface area (Å²) in [7, 11) is 0. The average Bonchev–Trinajstić information content (AvgIpc) is 2.82. The molecule has 0 unspecified atom stereocenters. The fraction of sp³-hybridized carbons (Fsp3) is 0.0833. The van der Waals surface area contributed by atoms with Crippen molar-refractivity contribution >= 4 is 23.7 Å². The van der Waals surface area contributed by atoms with E-state index in [1.807, 2.05) is 23.6 Å². The van der Waals surface area contributed by atoms with Crippen molar-refractivity contribution in [1.82, 2.24) is 0 Å². The smallest absolute Gasteiger partial charge is 0.140 e. The van der Waals surface area contributed by atoms with Gasteiger partial charge in [-0.1, -0.05) is 12.1 Å². The Morgan fingerprint density at radius 3 is 2.71 bits per heavy atom. The lowest BCUT2D eigenvalue weighted by Gasteiger charge is -2.10. The van der Waals surface area contributed by atoms with Gasteiger partial charge in [-0.25, -0.2) is 4.39 Å². The second kappa shape index (κ2) is 5.78. The van der Waals surface area contributed by atoms with Crippen LogP contribution in [0.3, 0.4) is 0 Å². The van der Waals surface area contributed by atoms with E-state index in [-0.39, 0.29) is 24.0 Å². The van der Waals surface area contributed by atoms with Gasteiger partial charge in [0, 0.05) is 4.88 Å². The van der Waals surface area contributed by atoms with Crippen LogP contribution in [0.2, 0.25) is 0 Å². The molecule has 1 heterocycles. The van der Waals surface area contributed by atoms with Crippen molar-refractivity contribution in [2.45, 2.75) is 6.04 Å². The summed E-state index contributed by atoms with van der Waals surface area (Å²) < 4.78 is 13.1. The summed E-state index contributed by atoms with van der Waals surface area (Å²) in [5.74, 6) is -0.510. The predicted octanol–water partition coefficient (Wildman–Crippen LogP) is 3.23. The molecule has 88 valence electrons. The predicted molar refractivity (Wildman–Crippen MR) is 68.7 cm³/mol. The highest BCUT2D eigenvalue weighted by molar-refractivity contribution is 7.10. The van der Waals surface area contributed by atoms with Gasteiger partial charge in [0.25, 0.3) is 0 Å². The zero-order valence-electron chi connectivity index (χ0n) is 8.76. The van der Waals surface area contributed by atoms with Crippen molar-refractivity contribution in [1.29, 1.82) is 5.26 Å². The zero-order chi connectivity index (χ0) is 11.5. The van der Waals surface area contributed by atoms with E-state index in [9.17, 15) is 4.39 Å². The van der Waals surface area contributed by atoms with E-state index in [0.29, 0.717) is 0 Å². The van der Waals surface area contributed by atoms with Crippen LogP contribution in [-0.2, 0) is 0 Å². The first-order chi connectivity index (χ1) is 7.72. The molecule has 17 heavy (non-hydrogen) atoms. The van der Waals surface area contributed by atoms with Crippen molar-refractivity contribution in [2.24, 2.45) is 5.73 Å². The topological polar surface area (TPSA) is 49.8 Å². The molecule has 2 rings (SSSR count). The Kier molecular flexibility index (Phi) is 4.64. The lowest BCUT2D eigenvalue weighted by molar-refractivity contribution is 0.622. The number of nitrogens with zero attached hydrogens (tertiary/aromatic N) is 1. The summed E-state index contributed by atoms with van der Waals surface area (Å²) in [6, 6.07) is 9.73. The van der Waals surface area contributed by atoms with Crippen LogP contribution in [0.25, 0.3) is 0 Å². The van der Waals surface area contributed by atoms with Crippen molar-refractivity contribution in [3.63, 3.8) is 0 Å². The van der Waals surface area contributed by atoms with E-state index in [1.54, 1.807) is 17.4 Å². The average molecular weight is 269 g/mol. The maximum absolute atomic E-state index is 13.1. The normalized spacial score (nSPS) is 11.4. The first kappa shape index (κ1) is 13.7. The van der Waals surface area contributed by atoms with Gasteiger partial charge in [-0.05, 0) is 29.1 Å². The molecule has 0 aliphatic heterocycles. The van der Waals surface area contributed by atoms with E-state index >= 15 is 0 Å². The Labute approximate surface area is 109 Å². The molecule has 1 aromatic heterocycles. The van der Waals surface area contributed by atoms with E-state index in [1.165, 1.54) is 12.1 Å². The van der Waals surface area contributed by atoms with Crippen LogP contribution in [-0.4, -0.2) is 0 Å². The van der Waals surface area contributed by atoms with Crippen molar-refractivity contribution < 1.29 is 4.39 Å². The van der Waals surface area contributed by atoms with Gasteiger partial charge in [0.15, 0.2) is 0 Å². The Balaban J connectivity index is 0.00000144. The Morgan fingerprint density at radius 2 is 2.12 bits per heavy atom. The summed E-state index contributed by atoms with van der Waals surface area (Å²) in [6.07, 6.45) is 0. The number of hydrogen-bond acceptors (Lipinski definition) is 3. The second-order valence-corrected chi connectivity index (χ2v) is 4.32. The summed E-state index contributed by atoms with van der Waals surface area (Å²) >= 11 is 1.54. The highest BCUT2D eigenvalue weighted by Gasteiger charge is 2.12.